The fourth-order valence-corrected chi connectivity index (χ4v) is 1.62. The van der Waals surface area contributed by atoms with Crippen LogP contribution in [0.3, 0.4) is 0 Å². The van der Waals surface area contributed by atoms with Crippen molar-refractivity contribution in [1.82, 2.24) is 10.3 Å². The highest BCUT2D eigenvalue weighted by atomic mass is 16.4. The van der Waals surface area contributed by atoms with Crippen molar-refractivity contribution in [3.05, 3.63) is 29.6 Å². The molecule has 0 saturated heterocycles. The third-order valence-electron chi connectivity index (χ3n) is 2.54. The lowest BCUT2D eigenvalue weighted by atomic mass is 10.1. The molecule has 1 rings (SSSR count). The van der Waals surface area contributed by atoms with Gasteiger partial charge in [0, 0.05) is 24.9 Å². The summed E-state index contributed by atoms with van der Waals surface area (Å²) >= 11 is 0. The molecule has 0 aliphatic rings. The third-order valence-corrected chi connectivity index (χ3v) is 2.54. The van der Waals surface area contributed by atoms with E-state index in [0.29, 0.717) is 18.4 Å². The number of carbonyl (C=O) groups excluding carboxylic acids is 1. The van der Waals surface area contributed by atoms with Gasteiger partial charge in [0.2, 0.25) is 0 Å². The minimum atomic E-state index is -0.809. The first-order valence-electron chi connectivity index (χ1n) is 5.93. The number of nitrogens with zero attached hydrogens (tertiary/aromatic N) is 1. The molecule has 1 aromatic rings. The number of nitrogens with one attached hydrogen (secondary N) is 1. The van der Waals surface area contributed by atoms with Crippen LogP contribution >= 0.6 is 0 Å². The molecule has 1 unspecified atom stereocenters. The largest absolute Gasteiger partial charge is 0.481 e. The van der Waals surface area contributed by atoms with Crippen molar-refractivity contribution < 1.29 is 14.7 Å². The van der Waals surface area contributed by atoms with Crippen molar-refractivity contribution in [1.29, 1.82) is 0 Å². The molecule has 0 aromatic carbocycles. The van der Waals surface area contributed by atoms with Crippen LogP contribution in [-0.2, 0) is 4.79 Å². The van der Waals surface area contributed by atoms with Gasteiger partial charge in [0.1, 0.15) is 0 Å². The molecule has 0 bridgehead atoms. The van der Waals surface area contributed by atoms with E-state index in [-0.39, 0.29) is 18.4 Å². The van der Waals surface area contributed by atoms with Crippen LogP contribution in [0.15, 0.2) is 18.5 Å². The molecule has 98 valence electrons. The number of aryl methyl sites for hydroxylation is 1. The average Bonchev–Trinajstić information content (AvgIpc) is 2.28. The van der Waals surface area contributed by atoms with E-state index in [1.165, 1.54) is 6.20 Å². The lowest BCUT2D eigenvalue weighted by Gasteiger charge is -2.13. The predicted octanol–water partition coefficient (Wildman–Crippen LogP) is 1.76. The fraction of sp³-hybridized carbons (Fsp3) is 0.462. The van der Waals surface area contributed by atoms with Gasteiger partial charge in [-0.25, -0.2) is 0 Å². The first-order valence-corrected chi connectivity index (χ1v) is 5.93. The molecule has 1 amide bonds. The van der Waals surface area contributed by atoms with Crippen molar-refractivity contribution in [2.24, 2.45) is 0 Å². The van der Waals surface area contributed by atoms with Crippen molar-refractivity contribution >= 4 is 11.9 Å². The second kappa shape index (κ2) is 6.74. The molecule has 1 atom stereocenters. The molecule has 0 radical (unpaired) electrons. The number of carboxylic acids is 1. The molecular formula is C13H18N2O3. The Labute approximate surface area is 106 Å². The lowest BCUT2D eigenvalue weighted by molar-refractivity contribution is -0.137. The molecule has 2 N–H and O–H groups in total. The first kappa shape index (κ1) is 14.2. The van der Waals surface area contributed by atoms with Gasteiger partial charge in [-0.1, -0.05) is 0 Å². The Bertz CT molecular complexity index is 432. The van der Waals surface area contributed by atoms with Gasteiger partial charge in [0.15, 0.2) is 0 Å². The summed E-state index contributed by atoms with van der Waals surface area (Å²) in [6, 6.07) is 1.73. The molecule has 1 aromatic heterocycles. The number of carbonyl (C=O) groups is 2. The monoisotopic (exact) mass is 250 g/mol. The van der Waals surface area contributed by atoms with Crippen LogP contribution in [0.5, 0.6) is 0 Å². The van der Waals surface area contributed by atoms with Gasteiger partial charge < -0.3 is 10.4 Å². The van der Waals surface area contributed by atoms with Gasteiger partial charge in [-0.15, -0.1) is 0 Å². The van der Waals surface area contributed by atoms with Crippen LogP contribution in [0.4, 0.5) is 0 Å². The number of pyridine rings is 1. The van der Waals surface area contributed by atoms with Gasteiger partial charge in [-0.3, -0.25) is 14.6 Å². The van der Waals surface area contributed by atoms with E-state index in [1.807, 2.05) is 13.8 Å². The number of carboxylic acid groups (broad SMARTS) is 1. The molecule has 0 fully saturated rings. The van der Waals surface area contributed by atoms with E-state index in [1.54, 1.807) is 12.3 Å². The Kier molecular flexibility index (Phi) is 5.30. The summed E-state index contributed by atoms with van der Waals surface area (Å²) in [5, 5.41) is 11.3. The molecule has 5 nitrogen and oxygen atoms in total. The Morgan fingerprint density at radius 1 is 1.44 bits per heavy atom. The highest BCUT2D eigenvalue weighted by molar-refractivity contribution is 5.94. The zero-order valence-corrected chi connectivity index (χ0v) is 10.6. The second-order valence-corrected chi connectivity index (χ2v) is 4.41. The van der Waals surface area contributed by atoms with Crippen LogP contribution in [0, 0.1) is 6.92 Å². The lowest BCUT2D eigenvalue weighted by Crippen LogP contribution is -2.32. The van der Waals surface area contributed by atoms with Gasteiger partial charge in [0.25, 0.3) is 5.91 Å². The maximum atomic E-state index is 11.8. The predicted molar refractivity (Wildman–Crippen MR) is 67.4 cm³/mol. The molecule has 0 aliphatic carbocycles. The van der Waals surface area contributed by atoms with Crippen LogP contribution in [0.25, 0.3) is 0 Å². The zero-order valence-electron chi connectivity index (χ0n) is 10.6. The van der Waals surface area contributed by atoms with Crippen LogP contribution in [0.1, 0.15) is 42.1 Å². The maximum absolute atomic E-state index is 11.8. The third kappa shape index (κ3) is 4.95. The van der Waals surface area contributed by atoms with Crippen molar-refractivity contribution in [2.75, 3.05) is 0 Å². The summed E-state index contributed by atoms with van der Waals surface area (Å²) in [7, 11) is 0. The van der Waals surface area contributed by atoms with Crippen LogP contribution in [-0.4, -0.2) is 28.0 Å². The minimum Gasteiger partial charge on any atom is -0.481 e. The normalized spacial score (nSPS) is 11.9. The van der Waals surface area contributed by atoms with Gasteiger partial charge in [0.05, 0.1) is 5.56 Å². The molecule has 0 spiro atoms. The molecule has 18 heavy (non-hydrogen) atoms. The highest BCUT2D eigenvalue weighted by Crippen LogP contribution is 2.04. The Morgan fingerprint density at radius 2 is 2.17 bits per heavy atom. The summed E-state index contributed by atoms with van der Waals surface area (Å²) in [6.07, 6.45) is 4.55. The number of rotatable bonds is 6. The number of hydrogen-bond acceptors (Lipinski definition) is 3. The van der Waals surface area contributed by atoms with Crippen molar-refractivity contribution in [3.63, 3.8) is 0 Å². The number of aromatic nitrogens is 1. The molecule has 0 aliphatic heterocycles. The van der Waals surface area contributed by atoms with E-state index in [2.05, 4.69) is 10.3 Å². The SMILES string of the molecule is Cc1cncc(C(=O)NC(C)CCCC(=O)O)c1. The molecule has 5 heteroatoms. The van der Waals surface area contributed by atoms with Gasteiger partial charge in [-0.2, -0.15) is 0 Å². The standard InChI is InChI=1S/C13H18N2O3/c1-9-6-11(8-14-7-9)13(18)15-10(2)4-3-5-12(16)17/h6-8,10H,3-5H2,1-2H3,(H,15,18)(H,16,17). The van der Waals surface area contributed by atoms with E-state index >= 15 is 0 Å². The average molecular weight is 250 g/mol. The minimum absolute atomic E-state index is 0.0441. The highest BCUT2D eigenvalue weighted by Gasteiger charge is 2.10. The van der Waals surface area contributed by atoms with Crippen LogP contribution in [0.2, 0.25) is 0 Å². The Morgan fingerprint density at radius 3 is 2.78 bits per heavy atom. The zero-order chi connectivity index (χ0) is 13.5. The summed E-state index contributed by atoms with van der Waals surface area (Å²) in [6.45, 7) is 3.74. The van der Waals surface area contributed by atoms with Crippen molar-refractivity contribution in [2.45, 2.75) is 39.2 Å². The quantitative estimate of drug-likeness (QED) is 0.806. The fourth-order valence-electron chi connectivity index (χ4n) is 1.62. The summed E-state index contributed by atoms with van der Waals surface area (Å²) in [5.41, 5.74) is 1.46. The number of amides is 1. The van der Waals surface area contributed by atoms with Crippen molar-refractivity contribution in [3.8, 4) is 0 Å². The van der Waals surface area contributed by atoms with Crippen LogP contribution < -0.4 is 5.32 Å². The van der Waals surface area contributed by atoms with E-state index in [9.17, 15) is 9.59 Å². The Balaban J connectivity index is 2.42. The summed E-state index contributed by atoms with van der Waals surface area (Å²) in [4.78, 5) is 26.2. The number of hydrogen-bond donors (Lipinski definition) is 2. The first-order chi connectivity index (χ1) is 8.49. The van der Waals surface area contributed by atoms with Gasteiger partial charge >= 0.3 is 5.97 Å². The topological polar surface area (TPSA) is 79.3 Å². The van der Waals surface area contributed by atoms with E-state index < -0.39 is 5.97 Å². The molecule has 0 saturated carbocycles. The number of aliphatic carboxylic acids is 1. The summed E-state index contributed by atoms with van der Waals surface area (Å²) in [5.74, 6) is -0.981. The van der Waals surface area contributed by atoms with E-state index in [4.69, 9.17) is 5.11 Å². The summed E-state index contributed by atoms with van der Waals surface area (Å²) < 4.78 is 0. The maximum Gasteiger partial charge on any atom is 0.303 e. The molecular weight excluding hydrogens is 232 g/mol. The van der Waals surface area contributed by atoms with E-state index in [0.717, 1.165) is 5.56 Å². The second-order valence-electron chi connectivity index (χ2n) is 4.41. The molecule has 1 heterocycles. The van der Waals surface area contributed by atoms with Gasteiger partial charge in [-0.05, 0) is 38.3 Å². The Hall–Kier alpha value is -1.91. The smallest absolute Gasteiger partial charge is 0.303 e.